The van der Waals surface area contributed by atoms with Crippen LogP contribution < -0.4 is 4.74 Å². The lowest BCUT2D eigenvalue weighted by molar-refractivity contribution is -0.385. The minimum absolute atomic E-state index is 0.109. The fourth-order valence-corrected chi connectivity index (χ4v) is 1.69. The van der Waals surface area contributed by atoms with Gasteiger partial charge in [0.2, 0.25) is 0 Å². The first-order valence-corrected chi connectivity index (χ1v) is 5.42. The maximum atomic E-state index is 11.1. The lowest BCUT2D eigenvalue weighted by Crippen LogP contribution is -2.05. The van der Waals surface area contributed by atoms with Gasteiger partial charge in [-0.15, -0.1) is 5.10 Å². The highest BCUT2D eigenvalue weighted by Gasteiger charge is 2.25. The average Bonchev–Trinajstić information content (AvgIpc) is 2.81. The van der Waals surface area contributed by atoms with Crippen molar-refractivity contribution in [1.82, 2.24) is 10.2 Å². The molecule has 92 valence electrons. The first-order valence-electron chi connectivity index (χ1n) is 4.54. The summed E-state index contributed by atoms with van der Waals surface area (Å²) < 4.78 is 5.16. The maximum Gasteiger partial charge on any atom is 0.346 e. The number of nitrogens with zero attached hydrogens (tertiary/aromatic N) is 3. The molecule has 0 aliphatic carbocycles. The van der Waals surface area contributed by atoms with E-state index in [0.29, 0.717) is 0 Å². The summed E-state index contributed by atoms with van der Waals surface area (Å²) in [5, 5.41) is 26.9. The normalized spacial score (nSPS) is 10.0. The standard InChI is InChI=1S/C9H5N3O5S/c13-8(14)7-5(12(15)16)2-1-3-6(7)17-9-11-10-4-18-9/h1-4H,(H,13,14). The number of carboxylic acids is 1. The molecule has 1 N–H and O–H groups in total. The third kappa shape index (κ3) is 2.25. The Hall–Kier alpha value is -2.55. The monoisotopic (exact) mass is 267 g/mol. The molecule has 0 spiro atoms. The molecule has 8 nitrogen and oxygen atoms in total. The largest absolute Gasteiger partial charge is 0.477 e. The Bertz CT molecular complexity index is 598. The molecule has 0 saturated heterocycles. The van der Waals surface area contributed by atoms with Gasteiger partial charge in [0, 0.05) is 6.07 Å². The Morgan fingerprint density at radius 3 is 2.83 bits per heavy atom. The summed E-state index contributed by atoms with van der Waals surface area (Å²) in [6.07, 6.45) is 0. The van der Waals surface area contributed by atoms with Crippen molar-refractivity contribution in [3.05, 3.63) is 39.4 Å². The molecule has 1 heterocycles. The van der Waals surface area contributed by atoms with E-state index in [-0.39, 0.29) is 10.9 Å². The molecule has 2 rings (SSSR count). The minimum Gasteiger partial charge on any atom is -0.477 e. The molecule has 0 atom stereocenters. The molecule has 0 saturated carbocycles. The summed E-state index contributed by atoms with van der Waals surface area (Å²) in [6.45, 7) is 0. The van der Waals surface area contributed by atoms with Gasteiger partial charge in [0.15, 0.2) is 11.3 Å². The third-order valence-corrected chi connectivity index (χ3v) is 2.52. The van der Waals surface area contributed by atoms with E-state index in [4.69, 9.17) is 9.84 Å². The summed E-state index contributed by atoms with van der Waals surface area (Å²) >= 11 is 1.05. The van der Waals surface area contributed by atoms with Gasteiger partial charge in [0.25, 0.3) is 10.9 Å². The molecule has 1 aromatic heterocycles. The average molecular weight is 267 g/mol. The first kappa shape index (κ1) is 11.9. The fraction of sp³-hybridized carbons (Fsp3) is 0. The summed E-state index contributed by atoms with van der Waals surface area (Å²) in [5.41, 5.74) is 0.342. The molecule has 9 heteroatoms. The number of hydrogen-bond acceptors (Lipinski definition) is 7. The van der Waals surface area contributed by atoms with Crippen LogP contribution in [-0.4, -0.2) is 26.2 Å². The molecule has 0 aliphatic rings. The molecule has 18 heavy (non-hydrogen) atoms. The molecule has 2 aromatic rings. The SMILES string of the molecule is O=C(O)c1c(Oc2nncs2)cccc1[N+](=O)[O-]. The van der Waals surface area contributed by atoms with E-state index in [1.54, 1.807) is 0 Å². The number of ether oxygens (including phenoxy) is 1. The zero-order chi connectivity index (χ0) is 13.1. The van der Waals surface area contributed by atoms with Crippen LogP contribution in [-0.2, 0) is 0 Å². The second-order valence-corrected chi connectivity index (χ2v) is 3.81. The van der Waals surface area contributed by atoms with Crippen molar-refractivity contribution in [1.29, 1.82) is 0 Å². The predicted molar refractivity (Wildman–Crippen MR) is 60.0 cm³/mol. The van der Waals surface area contributed by atoms with Crippen LogP contribution in [0.15, 0.2) is 23.7 Å². The molecular formula is C9H5N3O5S. The van der Waals surface area contributed by atoms with E-state index in [2.05, 4.69) is 10.2 Å². The Kier molecular flexibility index (Phi) is 3.15. The molecular weight excluding hydrogens is 262 g/mol. The van der Waals surface area contributed by atoms with Gasteiger partial charge in [0.1, 0.15) is 5.51 Å². The van der Waals surface area contributed by atoms with Crippen molar-refractivity contribution in [2.24, 2.45) is 0 Å². The van der Waals surface area contributed by atoms with Gasteiger partial charge in [-0.2, -0.15) is 0 Å². The van der Waals surface area contributed by atoms with Crippen molar-refractivity contribution in [2.45, 2.75) is 0 Å². The van der Waals surface area contributed by atoms with E-state index in [0.717, 1.165) is 17.4 Å². The van der Waals surface area contributed by atoms with Gasteiger partial charge in [-0.3, -0.25) is 10.1 Å². The van der Waals surface area contributed by atoms with Gasteiger partial charge in [-0.05, 0) is 6.07 Å². The van der Waals surface area contributed by atoms with Gasteiger partial charge in [-0.25, -0.2) is 4.79 Å². The summed E-state index contributed by atoms with van der Waals surface area (Å²) in [4.78, 5) is 21.0. The van der Waals surface area contributed by atoms with E-state index in [1.807, 2.05) is 0 Å². The zero-order valence-electron chi connectivity index (χ0n) is 8.64. The predicted octanol–water partition coefficient (Wildman–Crippen LogP) is 1.94. The number of nitro groups is 1. The van der Waals surface area contributed by atoms with Gasteiger partial charge in [-0.1, -0.05) is 22.5 Å². The molecule has 0 fully saturated rings. The number of nitro benzene ring substituents is 1. The van der Waals surface area contributed by atoms with Crippen LogP contribution in [0.3, 0.4) is 0 Å². The Morgan fingerprint density at radius 1 is 1.50 bits per heavy atom. The smallest absolute Gasteiger partial charge is 0.346 e. The zero-order valence-corrected chi connectivity index (χ0v) is 9.46. The van der Waals surface area contributed by atoms with Crippen LogP contribution in [0.5, 0.6) is 10.9 Å². The van der Waals surface area contributed by atoms with Crippen molar-refractivity contribution in [3.8, 4) is 10.9 Å². The molecule has 1 aromatic carbocycles. The summed E-state index contributed by atoms with van der Waals surface area (Å²) in [7, 11) is 0. The fourth-order valence-electron chi connectivity index (χ4n) is 1.27. The van der Waals surface area contributed by atoms with Crippen molar-refractivity contribution < 1.29 is 19.6 Å². The number of aromatic nitrogens is 2. The molecule has 0 radical (unpaired) electrons. The number of aromatic carboxylic acids is 1. The quantitative estimate of drug-likeness (QED) is 0.664. The van der Waals surface area contributed by atoms with Crippen LogP contribution in [0.2, 0.25) is 0 Å². The van der Waals surface area contributed by atoms with Crippen LogP contribution >= 0.6 is 11.3 Å². The number of carboxylic acid groups (broad SMARTS) is 1. The van der Waals surface area contributed by atoms with Crippen molar-refractivity contribution in [3.63, 3.8) is 0 Å². The van der Waals surface area contributed by atoms with Crippen LogP contribution in [0.25, 0.3) is 0 Å². The number of carbonyl (C=O) groups is 1. The third-order valence-electron chi connectivity index (χ3n) is 1.95. The minimum atomic E-state index is -1.44. The van der Waals surface area contributed by atoms with Crippen molar-refractivity contribution in [2.75, 3.05) is 0 Å². The summed E-state index contributed by atoms with van der Waals surface area (Å²) in [5.74, 6) is -1.59. The van der Waals surface area contributed by atoms with Gasteiger partial charge in [0.05, 0.1) is 4.92 Å². The Labute approximate surface area is 104 Å². The van der Waals surface area contributed by atoms with E-state index in [9.17, 15) is 14.9 Å². The number of rotatable bonds is 4. The highest BCUT2D eigenvalue weighted by molar-refractivity contribution is 7.11. The van der Waals surface area contributed by atoms with Gasteiger partial charge >= 0.3 is 5.97 Å². The highest BCUT2D eigenvalue weighted by Crippen LogP contribution is 2.32. The lowest BCUT2D eigenvalue weighted by atomic mass is 10.1. The maximum absolute atomic E-state index is 11.1. The summed E-state index contributed by atoms with van der Waals surface area (Å²) in [6, 6.07) is 3.75. The Morgan fingerprint density at radius 2 is 2.28 bits per heavy atom. The first-order chi connectivity index (χ1) is 8.59. The van der Waals surface area contributed by atoms with E-state index >= 15 is 0 Å². The van der Waals surface area contributed by atoms with Crippen LogP contribution in [0.1, 0.15) is 10.4 Å². The van der Waals surface area contributed by atoms with E-state index < -0.39 is 22.1 Å². The number of hydrogen-bond donors (Lipinski definition) is 1. The van der Waals surface area contributed by atoms with Crippen LogP contribution in [0.4, 0.5) is 5.69 Å². The second-order valence-electron chi connectivity index (χ2n) is 3.02. The molecule has 0 bridgehead atoms. The lowest BCUT2D eigenvalue weighted by Gasteiger charge is -2.05. The molecule has 0 unspecified atom stereocenters. The highest BCUT2D eigenvalue weighted by atomic mass is 32.1. The van der Waals surface area contributed by atoms with Crippen LogP contribution in [0, 0.1) is 10.1 Å². The van der Waals surface area contributed by atoms with Crippen molar-refractivity contribution >= 4 is 23.0 Å². The topological polar surface area (TPSA) is 115 Å². The molecule has 0 aliphatic heterocycles. The van der Waals surface area contributed by atoms with Gasteiger partial charge < -0.3 is 9.84 Å². The Balaban J connectivity index is 2.49. The second kappa shape index (κ2) is 4.75. The van der Waals surface area contributed by atoms with E-state index in [1.165, 1.54) is 17.6 Å². The number of benzene rings is 1. The molecule has 0 amide bonds.